The Labute approximate surface area is 114 Å². The van der Waals surface area contributed by atoms with Gasteiger partial charge < -0.3 is 20.5 Å². The minimum Gasteiger partial charge on any atom is -0.490 e. The maximum absolute atomic E-state index is 9.57. The van der Waals surface area contributed by atoms with Gasteiger partial charge in [-0.2, -0.15) is 0 Å². The zero-order valence-electron chi connectivity index (χ0n) is 12.2. The second kappa shape index (κ2) is 7.13. The molecule has 0 bridgehead atoms. The van der Waals surface area contributed by atoms with Crippen LogP contribution in [-0.2, 0) is 0 Å². The number of ether oxygens (including phenoxy) is 1. The number of rotatable bonds is 8. The molecule has 0 unspecified atom stereocenters. The van der Waals surface area contributed by atoms with E-state index < -0.39 is 0 Å². The van der Waals surface area contributed by atoms with E-state index in [-0.39, 0.29) is 12.0 Å². The van der Waals surface area contributed by atoms with Crippen molar-refractivity contribution >= 4 is 11.6 Å². The van der Waals surface area contributed by atoms with E-state index in [1.807, 2.05) is 0 Å². The summed E-state index contributed by atoms with van der Waals surface area (Å²) in [6.07, 6.45) is 3.29. The molecule has 0 spiro atoms. The molecule has 0 saturated heterocycles. The summed E-state index contributed by atoms with van der Waals surface area (Å²) in [6, 6.07) is 0. The van der Waals surface area contributed by atoms with Gasteiger partial charge in [0.1, 0.15) is 6.33 Å². The Bertz CT molecular complexity index is 386. The van der Waals surface area contributed by atoms with Crippen molar-refractivity contribution in [2.75, 3.05) is 37.9 Å². The van der Waals surface area contributed by atoms with Gasteiger partial charge in [-0.05, 0) is 12.8 Å². The van der Waals surface area contributed by atoms with Crippen molar-refractivity contribution in [3.8, 4) is 5.75 Å². The predicted octanol–water partition coefficient (Wildman–Crippen LogP) is 1.74. The molecular formula is C13H24N4O2. The van der Waals surface area contributed by atoms with Gasteiger partial charge in [0.2, 0.25) is 5.75 Å². The second-order valence-corrected chi connectivity index (χ2v) is 4.57. The number of nitrogens with one attached hydrogen (secondary N) is 2. The van der Waals surface area contributed by atoms with Gasteiger partial charge in [-0.3, -0.25) is 0 Å². The Kier molecular flexibility index (Phi) is 5.82. The molecular weight excluding hydrogens is 244 g/mol. The second-order valence-electron chi connectivity index (χ2n) is 4.57. The van der Waals surface area contributed by atoms with Crippen molar-refractivity contribution in [3.63, 3.8) is 0 Å². The van der Waals surface area contributed by atoms with Crippen molar-refractivity contribution in [2.24, 2.45) is 5.41 Å². The van der Waals surface area contributed by atoms with E-state index in [2.05, 4.69) is 34.4 Å². The van der Waals surface area contributed by atoms with Crippen molar-refractivity contribution in [1.29, 1.82) is 0 Å². The van der Waals surface area contributed by atoms with Gasteiger partial charge in [-0.15, -0.1) is 0 Å². The highest BCUT2D eigenvalue weighted by Gasteiger charge is 2.25. The van der Waals surface area contributed by atoms with Crippen molar-refractivity contribution in [2.45, 2.75) is 26.7 Å². The minimum atomic E-state index is -0.129. The number of aliphatic hydroxyl groups excluding tert-OH is 1. The van der Waals surface area contributed by atoms with Gasteiger partial charge in [0.15, 0.2) is 11.6 Å². The highest BCUT2D eigenvalue weighted by atomic mass is 16.5. The van der Waals surface area contributed by atoms with Crippen LogP contribution < -0.4 is 15.4 Å². The van der Waals surface area contributed by atoms with Crippen LogP contribution in [0.15, 0.2) is 6.33 Å². The Morgan fingerprint density at radius 2 is 1.89 bits per heavy atom. The van der Waals surface area contributed by atoms with E-state index in [0.717, 1.165) is 12.8 Å². The maximum Gasteiger partial charge on any atom is 0.204 e. The number of nitrogens with zero attached hydrogens (tertiary/aromatic N) is 2. The van der Waals surface area contributed by atoms with Crippen LogP contribution >= 0.6 is 0 Å². The fraction of sp³-hybridized carbons (Fsp3) is 0.692. The van der Waals surface area contributed by atoms with Crippen molar-refractivity contribution < 1.29 is 9.84 Å². The highest BCUT2D eigenvalue weighted by molar-refractivity contribution is 5.63. The SMILES string of the molecule is CCC(CC)(CO)CNc1ncnc(NC)c1OC. The summed E-state index contributed by atoms with van der Waals surface area (Å²) in [5.74, 6) is 1.87. The van der Waals surface area contributed by atoms with Gasteiger partial charge in [-0.25, -0.2) is 9.97 Å². The topological polar surface area (TPSA) is 79.3 Å². The monoisotopic (exact) mass is 268 g/mol. The van der Waals surface area contributed by atoms with E-state index in [9.17, 15) is 5.11 Å². The number of hydrogen-bond donors (Lipinski definition) is 3. The molecule has 1 aromatic rings. The van der Waals surface area contributed by atoms with Crippen LogP contribution in [0.1, 0.15) is 26.7 Å². The molecule has 6 nitrogen and oxygen atoms in total. The number of aliphatic hydroxyl groups is 1. The minimum absolute atomic E-state index is 0.129. The van der Waals surface area contributed by atoms with Crippen LogP contribution in [0, 0.1) is 5.41 Å². The number of anilines is 2. The quantitative estimate of drug-likeness (QED) is 0.666. The van der Waals surface area contributed by atoms with Gasteiger partial charge in [0.05, 0.1) is 13.7 Å². The average molecular weight is 268 g/mol. The molecule has 0 aliphatic heterocycles. The molecule has 0 fully saturated rings. The lowest BCUT2D eigenvalue weighted by Crippen LogP contribution is -2.32. The van der Waals surface area contributed by atoms with Crippen molar-refractivity contribution in [3.05, 3.63) is 6.33 Å². The van der Waals surface area contributed by atoms with E-state index in [1.54, 1.807) is 14.2 Å². The lowest BCUT2D eigenvalue weighted by molar-refractivity contribution is 0.127. The molecule has 6 heteroatoms. The van der Waals surface area contributed by atoms with Crippen LogP contribution in [0.25, 0.3) is 0 Å². The molecule has 0 radical (unpaired) electrons. The predicted molar refractivity (Wildman–Crippen MR) is 76.7 cm³/mol. The summed E-state index contributed by atoms with van der Waals surface area (Å²) >= 11 is 0. The third-order valence-electron chi connectivity index (χ3n) is 3.71. The standard InChI is InChI=1S/C13H24N4O2/c1-5-13(6-2,8-18)7-15-12-10(19-4)11(14-3)16-9-17-12/h9,18H,5-8H2,1-4H3,(H2,14,15,16,17). The van der Waals surface area contributed by atoms with E-state index in [0.29, 0.717) is 23.9 Å². The molecule has 0 aromatic carbocycles. The molecule has 0 aliphatic carbocycles. The first-order valence-electron chi connectivity index (χ1n) is 6.57. The Morgan fingerprint density at radius 3 is 2.37 bits per heavy atom. The molecule has 1 aromatic heterocycles. The Hall–Kier alpha value is -1.56. The molecule has 3 N–H and O–H groups in total. The van der Waals surface area contributed by atoms with Crippen LogP contribution in [0.3, 0.4) is 0 Å². The van der Waals surface area contributed by atoms with Gasteiger partial charge in [0, 0.05) is 19.0 Å². The number of methoxy groups -OCH3 is 1. The summed E-state index contributed by atoms with van der Waals surface area (Å²) in [5, 5.41) is 15.8. The molecule has 1 rings (SSSR count). The highest BCUT2D eigenvalue weighted by Crippen LogP contribution is 2.31. The van der Waals surface area contributed by atoms with Crippen LogP contribution in [0.2, 0.25) is 0 Å². The third-order valence-corrected chi connectivity index (χ3v) is 3.71. The average Bonchev–Trinajstić information content (AvgIpc) is 2.48. The smallest absolute Gasteiger partial charge is 0.204 e. The van der Waals surface area contributed by atoms with Gasteiger partial charge in [0.25, 0.3) is 0 Å². The molecule has 0 saturated carbocycles. The molecule has 1 heterocycles. The first-order valence-corrected chi connectivity index (χ1v) is 6.57. The summed E-state index contributed by atoms with van der Waals surface area (Å²) in [6.45, 7) is 4.96. The van der Waals surface area contributed by atoms with Gasteiger partial charge >= 0.3 is 0 Å². The summed E-state index contributed by atoms with van der Waals surface area (Å²) < 4.78 is 5.32. The van der Waals surface area contributed by atoms with E-state index in [1.165, 1.54) is 6.33 Å². The maximum atomic E-state index is 9.57. The van der Waals surface area contributed by atoms with Gasteiger partial charge in [-0.1, -0.05) is 13.8 Å². The lowest BCUT2D eigenvalue weighted by Gasteiger charge is -2.30. The van der Waals surface area contributed by atoms with Crippen molar-refractivity contribution in [1.82, 2.24) is 9.97 Å². The Balaban J connectivity index is 2.88. The largest absolute Gasteiger partial charge is 0.490 e. The first kappa shape index (κ1) is 15.5. The normalized spacial score (nSPS) is 11.2. The Morgan fingerprint density at radius 1 is 1.26 bits per heavy atom. The summed E-state index contributed by atoms with van der Waals surface area (Å²) in [7, 11) is 3.37. The molecule has 19 heavy (non-hydrogen) atoms. The number of hydrogen-bond acceptors (Lipinski definition) is 6. The fourth-order valence-electron chi connectivity index (χ4n) is 1.92. The van der Waals surface area contributed by atoms with E-state index in [4.69, 9.17) is 4.74 Å². The van der Waals surface area contributed by atoms with Crippen LogP contribution in [0.5, 0.6) is 5.75 Å². The molecule has 108 valence electrons. The third kappa shape index (κ3) is 3.47. The molecule has 0 amide bonds. The van der Waals surface area contributed by atoms with Crippen LogP contribution in [-0.4, -0.2) is 42.4 Å². The number of aromatic nitrogens is 2. The summed E-state index contributed by atoms with van der Waals surface area (Å²) in [5.41, 5.74) is -0.129. The first-order chi connectivity index (χ1) is 9.16. The van der Waals surface area contributed by atoms with E-state index >= 15 is 0 Å². The fourth-order valence-corrected chi connectivity index (χ4v) is 1.92. The van der Waals surface area contributed by atoms with Crippen LogP contribution in [0.4, 0.5) is 11.6 Å². The summed E-state index contributed by atoms with van der Waals surface area (Å²) in [4.78, 5) is 8.29. The molecule has 0 atom stereocenters. The zero-order chi connectivity index (χ0) is 14.3. The zero-order valence-corrected chi connectivity index (χ0v) is 12.2. The lowest BCUT2D eigenvalue weighted by atomic mass is 9.83. The molecule has 0 aliphatic rings.